The van der Waals surface area contributed by atoms with E-state index in [1.807, 2.05) is 7.11 Å². The Morgan fingerprint density at radius 2 is 1.83 bits per heavy atom. The molecule has 3 heteroatoms. The average Bonchev–Trinajstić information content (AvgIpc) is 2.38. The van der Waals surface area contributed by atoms with Crippen LogP contribution in [0.25, 0.3) is 0 Å². The fourth-order valence-electron chi connectivity index (χ4n) is 3.55. The lowest BCUT2D eigenvalue weighted by Crippen LogP contribution is -2.50. The molecule has 0 aromatic heterocycles. The van der Waals surface area contributed by atoms with Crippen molar-refractivity contribution in [1.82, 2.24) is 4.90 Å². The van der Waals surface area contributed by atoms with E-state index in [2.05, 4.69) is 11.8 Å². The van der Waals surface area contributed by atoms with Crippen LogP contribution in [0.2, 0.25) is 0 Å². The number of methoxy groups -OCH3 is 1. The van der Waals surface area contributed by atoms with E-state index in [1.54, 1.807) is 0 Å². The van der Waals surface area contributed by atoms with Crippen LogP contribution in [0.5, 0.6) is 0 Å². The molecule has 1 unspecified atom stereocenters. The van der Waals surface area contributed by atoms with Crippen LogP contribution >= 0.6 is 0 Å². The smallest absolute Gasteiger partial charge is 0.0777 e. The van der Waals surface area contributed by atoms with E-state index in [1.165, 1.54) is 51.5 Å². The van der Waals surface area contributed by atoms with Gasteiger partial charge in [-0.1, -0.05) is 19.3 Å². The first-order valence-electron chi connectivity index (χ1n) is 7.62. The van der Waals surface area contributed by atoms with Crippen LogP contribution in [0.15, 0.2) is 0 Å². The number of likely N-dealkylation sites (tertiary alicyclic amines) is 1. The van der Waals surface area contributed by atoms with E-state index in [4.69, 9.17) is 10.5 Å². The second-order valence-electron chi connectivity index (χ2n) is 6.71. The molecule has 106 valence electrons. The molecule has 0 aromatic rings. The summed E-state index contributed by atoms with van der Waals surface area (Å²) in [5.41, 5.74) is 6.70. The number of rotatable bonds is 4. The molecule has 2 N–H and O–H groups in total. The molecule has 0 spiro atoms. The lowest BCUT2D eigenvalue weighted by molar-refractivity contribution is -0.0521. The Balaban J connectivity index is 1.79. The minimum Gasteiger partial charge on any atom is -0.377 e. The third-order valence-electron chi connectivity index (χ3n) is 5.01. The molecular weight excluding hydrogens is 224 g/mol. The highest BCUT2D eigenvalue weighted by Gasteiger charge is 2.33. The number of hydrogen-bond donors (Lipinski definition) is 1. The predicted molar refractivity (Wildman–Crippen MR) is 75.7 cm³/mol. The average molecular weight is 254 g/mol. The van der Waals surface area contributed by atoms with Gasteiger partial charge in [0.25, 0.3) is 0 Å². The van der Waals surface area contributed by atoms with Crippen LogP contribution < -0.4 is 5.73 Å². The molecule has 18 heavy (non-hydrogen) atoms. The quantitative estimate of drug-likeness (QED) is 0.838. The SMILES string of the molecule is COC1(C)CCCN(CCC2(N)CCCCC2)C1. The predicted octanol–water partition coefficient (Wildman–Crippen LogP) is 2.54. The van der Waals surface area contributed by atoms with Crippen LogP contribution in [0.3, 0.4) is 0 Å². The Kier molecular flexibility index (Phi) is 4.68. The van der Waals surface area contributed by atoms with Crippen molar-refractivity contribution in [2.24, 2.45) is 5.73 Å². The van der Waals surface area contributed by atoms with Crippen molar-refractivity contribution in [1.29, 1.82) is 0 Å². The standard InChI is InChI=1S/C15H30N2O/c1-14(18-2)7-6-11-17(13-14)12-10-15(16)8-4-3-5-9-15/h3-13,16H2,1-2H3. The molecule has 2 rings (SSSR count). The van der Waals surface area contributed by atoms with E-state index in [9.17, 15) is 0 Å². The molecule has 2 fully saturated rings. The summed E-state index contributed by atoms with van der Waals surface area (Å²) in [7, 11) is 1.84. The van der Waals surface area contributed by atoms with E-state index in [0.29, 0.717) is 0 Å². The van der Waals surface area contributed by atoms with Crippen LogP contribution in [-0.4, -0.2) is 42.8 Å². The van der Waals surface area contributed by atoms with Crippen molar-refractivity contribution in [3.8, 4) is 0 Å². The third kappa shape index (κ3) is 3.69. The van der Waals surface area contributed by atoms with Crippen molar-refractivity contribution in [3.05, 3.63) is 0 Å². The number of ether oxygens (including phenoxy) is 1. The molecule has 1 aliphatic carbocycles. The fourth-order valence-corrected chi connectivity index (χ4v) is 3.55. The Labute approximate surface area is 112 Å². The minimum absolute atomic E-state index is 0.0621. The van der Waals surface area contributed by atoms with Crippen molar-refractivity contribution >= 4 is 0 Å². The number of hydrogen-bond acceptors (Lipinski definition) is 3. The number of piperidine rings is 1. The molecule has 0 radical (unpaired) electrons. The minimum atomic E-state index is 0.0621. The highest BCUT2D eigenvalue weighted by molar-refractivity contribution is 4.90. The van der Waals surface area contributed by atoms with Crippen molar-refractivity contribution < 1.29 is 4.74 Å². The van der Waals surface area contributed by atoms with E-state index in [0.717, 1.165) is 19.5 Å². The number of nitrogens with two attached hydrogens (primary N) is 1. The van der Waals surface area contributed by atoms with Gasteiger partial charge in [0.15, 0.2) is 0 Å². The second-order valence-corrected chi connectivity index (χ2v) is 6.71. The van der Waals surface area contributed by atoms with Gasteiger partial charge < -0.3 is 15.4 Å². The van der Waals surface area contributed by atoms with E-state index < -0.39 is 0 Å². The highest BCUT2D eigenvalue weighted by atomic mass is 16.5. The topological polar surface area (TPSA) is 38.5 Å². The van der Waals surface area contributed by atoms with Gasteiger partial charge in [0.2, 0.25) is 0 Å². The Bertz CT molecular complexity index is 263. The van der Waals surface area contributed by atoms with Crippen LogP contribution in [0.4, 0.5) is 0 Å². The zero-order chi connectivity index (χ0) is 13.1. The number of nitrogens with zero attached hydrogens (tertiary/aromatic N) is 1. The zero-order valence-corrected chi connectivity index (χ0v) is 12.2. The Hall–Kier alpha value is -0.120. The van der Waals surface area contributed by atoms with Gasteiger partial charge in [-0.2, -0.15) is 0 Å². The molecule has 2 aliphatic rings. The summed E-state index contributed by atoms with van der Waals surface area (Å²) in [5, 5.41) is 0. The van der Waals surface area contributed by atoms with Gasteiger partial charge in [0.1, 0.15) is 0 Å². The molecule has 1 heterocycles. The first-order valence-corrected chi connectivity index (χ1v) is 7.62. The summed E-state index contributed by atoms with van der Waals surface area (Å²) < 4.78 is 5.65. The Morgan fingerprint density at radius 3 is 2.50 bits per heavy atom. The van der Waals surface area contributed by atoms with Crippen LogP contribution in [0, 0.1) is 0 Å². The Morgan fingerprint density at radius 1 is 1.11 bits per heavy atom. The largest absolute Gasteiger partial charge is 0.377 e. The second kappa shape index (κ2) is 5.89. The fraction of sp³-hybridized carbons (Fsp3) is 1.00. The molecule has 0 aromatic carbocycles. The molecule has 3 nitrogen and oxygen atoms in total. The molecule has 1 aliphatic heterocycles. The normalized spacial score (nSPS) is 33.5. The van der Waals surface area contributed by atoms with Gasteiger partial charge in [-0.15, -0.1) is 0 Å². The summed E-state index contributed by atoms with van der Waals surface area (Å²) in [6.45, 7) is 5.67. The van der Waals surface area contributed by atoms with Crippen LogP contribution in [0.1, 0.15) is 58.3 Å². The van der Waals surface area contributed by atoms with Gasteiger partial charge >= 0.3 is 0 Å². The van der Waals surface area contributed by atoms with Gasteiger partial charge in [0, 0.05) is 19.2 Å². The lowest BCUT2D eigenvalue weighted by atomic mass is 9.80. The van der Waals surface area contributed by atoms with Gasteiger partial charge in [-0.25, -0.2) is 0 Å². The molecule has 0 amide bonds. The van der Waals surface area contributed by atoms with E-state index >= 15 is 0 Å². The van der Waals surface area contributed by atoms with Crippen molar-refractivity contribution in [3.63, 3.8) is 0 Å². The first kappa shape index (κ1) is 14.3. The van der Waals surface area contributed by atoms with Gasteiger partial charge in [-0.3, -0.25) is 0 Å². The lowest BCUT2D eigenvalue weighted by Gasteiger charge is -2.41. The van der Waals surface area contributed by atoms with Crippen LogP contribution in [-0.2, 0) is 4.74 Å². The van der Waals surface area contributed by atoms with Gasteiger partial charge in [0.05, 0.1) is 5.60 Å². The summed E-state index contributed by atoms with van der Waals surface area (Å²) in [5.74, 6) is 0. The van der Waals surface area contributed by atoms with Crippen molar-refractivity contribution in [2.75, 3.05) is 26.7 Å². The zero-order valence-electron chi connectivity index (χ0n) is 12.2. The summed E-state index contributed by atoms with van der Waals surface area (Å²) in [6.07, 6.45) is 10.1. The molecule has 1 saturated carbocycles. The maximum absolute atomic E-state index is 6.52. The summed E-state index contributed by atoms with van der Waals surface area (Å²) in [4.78, 5) is 2.55. The highest BCUT2D eigenvalue weighted by Crippen LogP contribution is 2.30. The van der Waals surface area contributed by atoms with Gasteiger partial charge in [-0.05, 0) is 52.1 Å². The first-order chi connectivity index (χ1) is 8.55. The summed E-state index contributed by atoms with van der Waals surface area (Å²) >= 11 is 0. The maximum atomic E-state index is 6.52. The maximum Gasteiger partial charge on any atom is 0.0777 e. The molecular formula is C15H30N2O. The molecule has 0 bridgehead atoms. The molecule has 1 saturated heterocycles. The summed E-state index contributed by atoms with van der Waals surface area (Å²) in [6, 6.07) is 0. The molecule has 1 atom stereocenters. The third-order valence-corrected chi connectivity index (χ3v) is 5.01. The van der Waals surface area contributed by atoms with E-state index in [-0.39, 0.29) is 11.1 Å². The van der Waals surface area contributed by atoms with Crippen molar-refractivity contribution in [2.45, 2.75) is 69.4 Å². The monoisotopic (exact) mass is 254 g/mol.